The molecule has 0 fully saturated rings. The molecular weight excluding hydrogens is 356 g/mol. The summed E-state index contributed by atoms with van der Waals surface area (Å²) in [6.07, 6.45) is 6.07. The topological polar surface area (TPSA) is 67.9 Å². The van der Waals surface area contributed by atoms with Gasteiger partial charge in [0.1, 0.15) is 22.9 Å². The maximum absolute atomic E-state index is 12.3. The third-order valence-electron chi connectivity index (χ3n) is 5.28. The van der Waals surface area contributed by atoms with Crippen LogP contribution in [0.3, 0.4) is 0 Å². The van der Waals surface area contributed by atoms with Crippen molar-refractivity contribution in [1.82, 2.24) is 10.2 Å². The average Bonchev–Trinajstić information content (AvgIpc) is 3.34. The summed E-state index contributed by atoms with van der Waals surface area (Å²) in [5.41, 5.74) is 2.19. The molecule has 2 aromatic heterocycles. The van der Waals surface area contributed by atoms with Crippen LogP contribution in [0.5, 0.6) is 5.75 Å². The van der Waals surface area contributed by atoms with E-state index in [0.29, 0.717) is 12.3 Å². The number of rotatable bonds is 7. The van der Waals surface area contributed by atoms with Crippen LogP contribution in [0, 0.1) is 0 Å². The van der Waals surface area contributed by atoms with Gasteiger partial charge in [-0.2, -0.15) is 0 Å². The van der Waals surface area contributed by atoms with Gasteiger partial charge in [0, 0.05) is 23.9 Å². The molecule has 4 rings (SSSR count). The SMILES string of the molecule is CN(C)C(CNC(=O)COc1ccc2oc3c(c2c1)CCCC3)c1ccco1. The molecule has 0 bridgehead atoms. The molecular formula is C22H26N2O4. The van der Waals surface area contributed by atoms with E-state index in [0.717, 1.165) is 35.3 Å². The molecule has 1 N–H and O–H groups in total. The Labute approximate surface area is 164 Å². The highest BCUT2D eigenvalue weighted by molar-refractivity contribution is 5.84. The van der Waals surface area contributed by atoms with Gasteiger partial charge in [-0.15, -0.1) is 0 Å². The van der Waals surface area contributed by atoms with Crippen LogP contribution in [0.2, 0.25) is 0 Å². The van der Waals surface area contributed by atoms with Gasteiger partial charge in [0.2, 0.25) is 0 Å². The maximum Gasteiger partial charge on any atom is 0.258 e. The van der Waals surface area contributed by atoms with E-state index in [-0.39, 0.29) is 18.6 Å². The summed E-state index contributed by atoms with van der Waals surface area (Å²) >= 11 is 0. The number of benzene rings is 1. The van der Waals surface area contributed by atoms with Gasteiger partial charge in [-0.05, 0) is 63.7 Å². The van der Waals surface area contributed by atoms with E-state index in [1.807, 2.05) is 49.3 Å². The number of nitrogens with zero attached hydrogens (tertiary/aromatic N) is 1. The van der Waals surface area contributed by atoms with E-state index in [2.05, 4.69) is 5.32 Å². The number of hydrogen-bond donors (Lipinski definition) is 1. The molecule has 0 saturated heterocycles. The first kappa shape index (κ1) is 18.6. The first-order chi connectivity index (χ1) is 13.6. The zero-order valence-electron chi connectivity index (χ0n) is 16.4. The predicted octanol–water partition coefficient (Wildman–Crippen LogP) is 3.70. The van der Waals surface area contributed by atoms with Crippen molar-refractivity contribution in [2.75, 3.05) is 27.2 Å². The molecule has 1 unspecified atom stereocenters. The predicted molar refractivity (Wildman–Crippen MR) is 106 cm³/mol. The molecule has 0 spiro atoms. The van der Waals surface area contributed by atoms with Crippen molar-refractivity contribution in [1.29, 1.82) is 0 Å². The number of ether oxygens (including phenoxy) is 1. The highest BCUT2D eigenvalue weighted by Crippen LogP contribution is 2.33. The summed E-state index contributed by atoms with van der Waals surface area (Å²) in [5.74, 6) is 2.45. The van der Waals surface area contributed by atoms with Gasteiger partial charge in [-0.25, -0.2) is 0 Å². The number of likely N-dealkylation sites (N-methyl/N-ethyl adjacent to an activating group) is 1. The minimum absolute atomic E-state index is 0.0206. The molecule has 0 aliphatic heterocycles. The van der Waals surface area contributed by atoms with Gasteiger partial charge < -0.3 is 18.9 Å². The first-order valence-corrected chi connectivity index (χ1v) is 9.75. The monoisotopic (exact) mass is 382 g/mol. The standard InChI is InChI=1S/C22H26N2O4/c1-24(2)18(21-8-5-11-26-21)13-23-22(25)14-27-15-9-10-20-17(12-15)16-6-3-4-7-19(16)28-20/h5,8-12,18H,3-4,6-7,13-14H2,1-2H3,(H,23,25). The zero-order valence-corrected chi connectivity index (χ0v) is 16.4. The number of aryl methyl sites for hydroxylation is 2. The first-order valence-electron chi connectivity index (χ1n) is 9.75. The molecule has 28 heavy (non-hydrogen) atoms. The third-order valence-corrected chi connectivity index (χ3v) is 5.28. The number of hydrogen-bond acceptors (Lipinski definition) is 5. The van der Waals surface area contributed by atoms with Crippen molar-refractivity contribution >= 4 is 16.9 Å². The molecule has 2 heterocycles. The summed E-state index contributed by atoms with van der Waals surface area (Å²) in [5, 5.41) is 4.03. The Morgan fingerprint density at radius 3 is 2.89 bits per heavy atom. The van der Waals surface area contributed by atoms with Crippen LogP contribution in [-0.2, 0) is 17.6 Å². The van der Waals surface area contributed by atoms with Crippen LogP contribution < -0.4 is 10.1 Å². The second kappa shape index (κ2) is 8.10. The minimum Gasteiger partial charge on any atom is -0.484 e. The molecule has 1 atom stereocenters. The van der Waals surface area contributed by atoms with E-state index >= 15 is 0 Å². The third kappa shape index (κ3) is 3.92. The molecule has 0 saturated carbocycles. The van der Waals surface area contributed by atoms with Crippen LogP contribution in [-0.4, -0.2) is 38.1 Å². The molecule has 6 nitrogen and oxygen atoms in total. The van der Waals surface area contributed by atoms with E-state index in [1.54, 1.807) is 6.26 Å². The molecule has 0 radical (unpaired) electrons. The Balaban J connectivity index is 1.35. The molecule has 3 aromatic rings. The number of carbonyl (C=O) groups excluding carboxylic acids is 1. The Kier molecular flexibility index (Phi) is 5.39. The molecule has 1 aliphatic carbocycles. The van der Waals surface area contributed by atoms with Gasteiger partial charge >= 0.3 is 0 Å². The fourth-order valence-electron chi connectivity index (χ4n) is 3.76. The average molecular weight is 382 g/mol. The van der Waals surface area contributed by atoms with Crippen molar-refractivity contribution < 1.29 is 18.4 Å². The van der Waals surface area contributed by atoms with Crippen LogP contribution >= 0.6 is 0 Å². The van der Waals surface area contributed by atoms with Crippen LogP contribution in [0.4, 0.5) is 0 Å². The largest absolute Gasteiger partial charge is 0.484 e. The summed E-state index contributed by atoms with van der Waals surface area (Å²) in [7, 11) is 3.91. The zero-order chi connectivity index (χ0) is 19.5. The molecule has 148 valence electrons. The van der Waals surface area contributed by atoms with E-state index in [9.17, 15) is 4.79 Å². The Hall–Kier alpha value is -2.73. The van der Waals surface area contributed by atoms with Crippen molar-refractivity contribution in [3.05, 3.63) is 53.7 Å². The summed E-state index contributed by atoms with van der Waals surface area (Å²) in [4.78, 5) is 14.3. The summed E-state index contributed by atoms with van der Waals surface area (Å²) in [6.45, 7) is 0.431. The van der Waals surface area contributed by atoms with Gasteiger partial charge in [-0.3, -0.25) is 9.69 Å². The molecule has 1 amide bonds. The van der Waals surface area contributed by atoms with Gasteiger partial charge in [0.15, 0.2) is 6.61 Å². The minimum atomic E-state index is -0.160. The summed E-state index contributed by atoms with van der Waals surface area (Å²) < 4.78 is 17.1. The quantitative estimate of drug-likeness (QED) is 0.675. The number of furan rings is 2. The fraction of sp³-hybridized carbons (Fsp3) is 0.409. The van der Waals surface area contributed by atoms with E-state index in [1.165, 1.54) is 18.4 Å². The van der Waals surface area contributed by atoms with E-state index < -0.39 is 0 Å². The van der Waals surface area contributed by atoms with Crippen LogP contribution in [0.15, 0.2) is 45.4 Å². The second-order valence-corrected chi connectivity index (χ2v) is 7.46. The van der Waals surface area contributed by atoms with Gasteiger partial charge in [0.25, 0.3) is 5.91 Å². The van der Waals surface area contributed by atoms with Crippen molar-refractivity contribution in [3.8, 4) is 5.75 Å². The fourth-order valence-corrected chi connectivity index (χ4v) is 3.76. The van der Waals surface area contributed by atoms with Crippen molar-refractivity contribution in [2.24, 2.45) is 0 Å². The number of carbonyl (C=O) groups is 1. The lowest BCUT2D eigenvalue weighted by Crippen LogP contribution is -2.36. The van der Waals surface area contributed by atoms with Crippen molar-refractivity contribution in [2.45, 2.75) is 31.7 Å². The molecule has 1 aliphatic rings. The number of amides is 1. The van der Waals surface area contributed by atoms with Gasteiger partial charge in [-0.1, -0.05) is 0 Å². The highest BCUT2D eigenvalue weighted by Gasteiger charge is 2.19. The normalized spacial score (nSPS) is 14.8. The lowest BCUT2D eigenvalue weighted by Gasteiger charge is -2.22. The van der Waals surface area contributed by atoms with E-state index in [4.69, 9.17) is 13.6 Å². The molecule has 6 heteroatoms. The van der Waals surface area contributed by atoms with Crippen molar-refractivity contribution in [3.63, 3.8) is 0 Å². The molecule has 1 aromatic carbocycles. The Morgan fingerprint density at radius 1 is 1.25 bits per heavy atom. The Morgan fingerprint density at radius 2 is 2.11 bits per heavy atom. The maximum atomic E-state index is 12.3. The lowest BCUT2D eigenvalue weighted by atomic mass is 9.96. The second-order valence-electron chi connectivity index (χ2n) is 7.46. The van der Waals surface area contributed by atoms with Crippen LogP contribution in [0.25, 0.3) is 11.0 Å². The summed E-state index contributed by atoms with van der Waals surface area (Å²) in [6, 6.07) is 9.51. The van der Waals surface area contributed by atoms with Gasteiger partial charge in [0.05, 0.1) is 12.3 Å². The number of fused-ring (bicyclic) bond motifs is 3. The number of nitrogens with one attached hydrogen (secondary N) is 1. The van der Waals surface area contributed by atoms with Crippen LogP contribution in [0.1, 0.15) is 36.0 Å². The Bertz CT molecular complexity index is 943. The highest BCUT2D eigenvalue weighted by atomic mass is 16.5. The lowest BCUT2D eigenvalue weighted by molar-refractivity contribution is -0.123. The smallest absolute Gasteiger partial charge is 0.258 e.